The summed E-state index contributed by atoms with van der Waals surface area (Å²) in [6.45, 7) is 0. The van der Waals surface area contributed by atoms with Gasteiger partial charge >= 0.3 is 0 Å². The van der Waals surface area contributed by atoms with Crippen LogP contribution in [0.15, 0.2) is 48.8 Å². The SMILES string of the molecule is C(#Cc1ccc(C23CC4CC(CC(C4)C2)C3)cc1)c1ccncc1. The van der Waals surface area contributed by atoms with E-state index in [1.54, 1.807) is 18.0 Å². The van der Waals surface area contributed by atoms with Gasteiger partial charge in [-0.3, -0.25) is 4.98 Å². The molecule has 0 amide bonds. The summed E-state index contributed by atoms with van der Waals surface area (Å²) in [5, 5.41) is 0. The Kier molecular flexibility index (Phi) is 3.27. The van der Waals surface area contributed by atoms with Gasteiger partial charge in [-0.05, 0) is 91.5 Å². The second kappa shape index (κ2) is 5.49. The second-order valence-corrected chi connectivity index (χ2v) is 8.26. The van der Waals surface area contributed by atoms with E-state index in [9.17, 15) is 0 Å². The summed E-state index contributed by atoms with van der Waals surface area (Å²) in [6, 6.07) is 13.1. The van der Waals surface area contributed by atoms with Crippen LogP contribution in [0, 0.1) is 29.6 Å². The fourth-order valence-electron chi connectivity index (χ4n) is 5.95. The van der Waals surface area contributed by atoms with Gasteiger partial charge in [-0.2, -0.15) is 0 Å². The van der Waals surface area contributed by atoms with Crippen LogP contribution in [-0.2, 0) is 5.41 Å². The van der Waals surface area contributed by atoms with E-state index in [-0.39, 0.29) is 0 Å². The quantitative estimate of drug-likeness (QED) is 0.679. The first kappa shape index (κ1) is 14.3. The van der Waals surface area contributed by atoms with Crippen LogP contribution in [-0.4, -0.2) is 4.98 Å². The Bertz CT molecular complexity index is 756. The number of rotatable bonds is 1. The molecule has 6 rings (SSSR count). The van der Waals surface area contributed by atoms with Crippen LogP contribution in [0.3, 0.4) is 0 Å². The summed E-state index contributed by atoms with van der Waals surface area (Å²) >= 11 is 0. The van der Waals surface area contributed by atoms with Crippen LogP contribution < -0.4 is 0 Å². The van der Waals surface area contributed by atoms with E-state index >= 15 is 0 Å². The van der Waals surface area contributed by atoms with Gasteiger partial charge in [-0.15, -0.1) is 0 Å². The lowest BCUT2D eigenvalue weighted by Gasteiger charge is -2.57. The molecule has 4 fully saturated rings. The molecule has 0 spiro atoms. The van der Waals surface area contributed by atoms with Crippen molar-refractivity contribution in [2.75, 3.05) is 0 Å². The number of aromatic nitrogens is 1. The van der Waals surface area contributed by atoms with Crippen LogP contribution in [0.2, 0.25) is 0 Å². The first-order valence-electron chi connectivity index (χ1n) is 9.32. The fraction of sp³-hybridized carbons (Fsp3) is 0.435. The molecule has 4 saturated carbocycles. The maximum atomic E-state index is 4.03. The minimum absolute atomic E-state index is 0.492. The Morgan fingerprint density at radius 2 is 1.21 bits per heavy atom. The van der Waals surface area contributed by atoms with Gasteiger partial charge in [-0.25, -0.2) is 0 Å². The predicted octanol–water partition coefficient (Wildman–Crippen LogP) is 4.95. The Morgan fingerprint density at radius 1 is 0.708 bits per heavy atom. The molecule has 0 N–H and O–H groups in total. The average molecular weight is 313 g/mol. The molecule has 0 unspecified atom stereocenters. The molecule has 1 aromatic carbocycles. The predicted molar refractivity (Wildman–Crippen MR) is 96.5 cm³/mol. The number of hydrogen-bond acceptors (Lipinski definition) is 1. The largest absolute Gasteiger partial charge is 0.265 e. The molecule has 120 valence electrons. The van der Waals surface area contributed by atoms with Crippen molar-refractivity contribution in [3.63, 3.8) is 0 Å². The minimum Gasteiger partial charge on any atom is -0.265 e. The average Bonchev–Trinajstić information content (AvgIpc) is 2.60. The highest BCUT2D eigenvalue weighted by atomic mass is 14.6. The zero-order chi connectivity index (χ0) is 16.0. The lowest BCUT2D eigenvalue weighted by atomic mass is 9.48. The summed E-state index contributed by atoms with van der Waals surface area (Å²) < 4.78 is 0. The summed E-state index contributed by atoms with van der Waals surface area (Å²) in [7, 11) is 0. The van der Waals surface area contributed by atoms with Crippen LogP contribution in [0.25, 0.3) is 0 Å². The molecule has 0 aliphatic heterocycles. The number of benzene rings is 1. The van der Waals surface area contributed by atoms with Gasteiger partial charge in [-0.1, -0.05) is 24.0 Å². The van der Waals surface area contributed by atoms with Crippen LogP contribution in [0.1, 0.15) is 55.2 Å². The third kappa shape index (κ3) is 2.46. The molecule has 1 aromatic heterocycles. The van der Waals surface area contributed by atoms with Crippen molar-refractivity contribution in [1.82, 2.24) is 4.98 Å². The van der Waals surface area contributed by atoms with Gasteiger partial charge in [0.1, 0.15) is 0 Å². The third-order valence-electron chi connectivity index (χ3n) is 6.57. The molecule has 1 heteroatoms. The zero-order valence-corrected chi connectivity index (χ0v) is 14.0. The van der Waals surface area contributed by atoms with E-state index in [4.69, 9.17) is 0 Å². The molecule has 4 aliphatic carbocycles. The van der Waals surface area contributed by atoms with Gasteiger partial charge < -0.3 is 0 Å². The molecule has 1 nitrogen and oxygen atoms in total. The molecule has 1 heterocycles. The minimum atomic E-state index is 0.492. The summed E-state index contributed by atoms with van der Waals surface area (Å²) in [5.74, 6) is 9.52. The summed E-state index contributed by atoms with van der Waals surface area (Å²) in [5.41, 5.74) is 4.21. The molecule has 0 atom stereocenters. The molecule has 2 aromatic rings. The highest BCUT2D eigenvalue weighted by Crippen LogP contribution is 2.60. The third-order valence-corrected chi connectivity index (χ3v) is 6.57. The Hall–Kier alpha value is -2.07. The molecule has 0 saturated heterocycles. The van der Waals surface area contributed by atoms with E-state index in [1.807, 2.05) is 12.1 Å². The Labute approximate surface area is 144 Å². The van der Waals surface area contributed by atoms with Crippen molar-refractivity contribution >= 4 is 0 Å². The van der Waals surface area contributed by atoms with Crippen LogP contribution in [0.4, 0.5) is 0 Å². The molecular weight excluding hydrogens is 290 g/mol. The molecule has 24 heavy (non-hydrogen) atoms. The van der Waals surface area contributed by atoms with Crippen molar-refractivity contribution in [2.45, 2.75) is 43.9 Å². The molecule has 0 radical (unpaired) electrons. The topological polar surface area (TPSA) is 12.9 Å². The van der Waals surface area contributed by atoms with E-state index in [1.165, 1.54) is 38.5 Å². The van der Waals surface area contributed by atoms with Crippen LogP contribution >= 0.6 is 0 Å². The fourth-order valence-corrected chi connectivity index (χ4v) is 5.95. The van der Waals surface area contributed by atoms with Crippen molar-refractivity contribution < 1.29 is 0 Å². The molecular formula is C23H23N. The number of nitrogens with zero attached hydrogens (tertiary/aromatic N) is 1. The smallest absolute Gasteiger partial charge is 0.0280 e. The van der Waals surface area contributed by atoms with E-state index in [0.717, 1.165) is 28.9 Å². The number of pyridine rings is 1. The monoisotopic (exact) mass is 313 g/mol. The van der Waals surface area contributed by atoms with Gasteiger partial charge in [0.2, 0.25) is 0 Å². The van der Waals surface area contributed by atoms with E-state index in [0.29, 0.717) is 5.41 Å². The van der Waals surface area contributed by atoms with E-state index in [2.05, 4.69) is 41.1 Å². The standard InChI is InChI=1S/C23H23N/c1(2-18-7-9-24-10-8-18)17-3-5-22(6-4-17)23-14-19-11-20(15-23)13-21(12-19)16-23/h3-10,19-21H,11-16H2. The number of hydrogen-bond donors (Lipinski definition) is 0. The normalized spacial score (nSPS) is 33.1. The maximum absolute atomic E-state index is 4.03. The lowest BCUT2D eigenvalue weighted by Crippen LogP contribution is -2.48. The molecule has 4 bridgehead atoms. The zero-order valence-electron chi connectivity index (χ0n) is 14.0. The van der Waals surface area contributed by atoms with Gasteiger partial charge in [0.05, 0.1) is 0 Å². The second-order valence-electron chi connectivity index (χ2n) is 8.26. The Balaban J connectivity index is 1.40. The van der Waals surface area contributed by atoms with Crippen molar-refractivity contribution in [2.24, 2.45) is 17.8 Å². The van der Waals surface area contributed by atoms with Gasteiger partial charge in [0, 0.05) is 23.5 Å². The van der Waals surface area contributed by atoms with Crippen molar-refractivity contribution in [3.8, 4) is 11.8 Å². The van der Waals surface area contributed by atoms with Crippen molar-refractivity contribution in [1.29, 1.82) is 0 Å². The summed E-state index contributed by atoms with van der Waals surface area (Å²) in [6.07, 6.45) is 12.4. The highest BCUT2D eigenvalue weighted by molar-refractivity contribution is 5.44. The first-order chi connectivity index (χ1) is 11.8. The van der Waals surface area contributed by atoms with Gasteiger partial charge in [0.15, 0.2) is 0 Å². The Morgan fingerprint density at radius 3 is 1.75 bits per heavy atom. The summed E-state index contributed by atoms with van der Waals surface area (Å²) in [4.78, 5) is 4.03. The van der Waals surface area contributed by atoms with Crippen LogP contribution in [0.5, 0.6) is 0 Å². The molecule has 4 aliphatic rings. The van der Waals surface area contributed by atoms with Crippen molar-refractivity contribution in [3.05, 3.63) is 65.5 Å². The highest BCUT2D eigenvalue weighted by Gasteiger charge is 2.51. The lowest BCUT2D eigenvalue weighted by molar-refractivity contribution is -0.00518. The van der Waals surface area contributed by atoms with E-state index < -0.39 is 0 Å². The van der Waals surface area contributed by atoms with Gasteiger partial charge in [0.25, 0.3) is 0 Å². The maximum Gasteiger partial charge on any atom is 0.0280 e. The first-order valence-corrected chi connectivity index (χ1v) is 9.32.